The van der Waals surface area contributed by atoms with E-state index in [1.165, 1.54) is 0 Å². The highest BCUT2D eigenvalue weighted by atomic mass is 35.5. The number of hydrogen-bond acceptors (Lipinski definition) is 5. The van der Waals surface area contributed by atoms with E-state index in [0.717, 1.165) is 31.5 Å². The lowest BCUT2D eigenvalue weighted by atomic mass is 9.92. The molecule has 9 heteroatoms. The molecule has 30 heavy (non-hydrogen) atoms. The second-order valence-electron chi connectivity index (χ2n) is 8.07. The second-order valence-corrected chi connectivity index (χ2v) is 8.51. The first kappa shape index (κ1) is 20.4. The van der Waals surface area contributed by atoms with Crippen LogP contribution >= 0.6 is 11.6 Å². The molecule has 2 aliphatic heterocycles. The quantitative estimate of drug-likeness (QED) is 0.695. The summed E-state index contributed by atoms with van der Waals surface area (Å²) < 4.78 is 0. The molecule has 2 aromatic rings. The maximum atomic E-state index is 13.0. The third-order valence-corrected chi connectivity index (χ3v) is 6.03. The minimum atomic E-state index is -0.932. The smallest absolute Gasteiger partial charge is 0.258 e. The Morgan fingerprint density at radius 3 is 2.73 bits per heavy atom. The number of fused-ring (bicyclic) bond motifs is 1. The molecule has 1 aromatic carbocycles. The van der Waals surface area contributed by atoms with Gasteiger partial charge in [0.2, 0.25) is 17.8 Å². The van der Waals surface area contributed by atoms with Crippen LogP contribution in [0.4, 0.5) is 17.5 Å². The molecule has 158 valence electrons. The number of benzene rings is 1. The summed E-state index contributed by atoms with van der Waals surface area (Å²) in [6.07, 6.45) is 1.90. The van der Waals surface area contributed by atoms with Gasteiger partial charge in [0.15, 0.2) is 0 Å². The number of aryl methyl sites for hydroxylation is 1. The van der Waals surface area contributed by atoms with Crippen LogP contribution in [0.2, 0.25) is 5.02 Å². The lowest BCUT2D eigenvalue weighted by molar-refractivity contribution is -0.123. The number of halogens is 1. The monoisotopic (exact) mass is 429 g/mol. The molecule has 0 unspecified atom stereocenters. The topological polar surface area (TPSA) is 107 Å². The first-order valence-electron chi connectivity index (χ1n) is 10.1. The van der Waals surface area contributed by atoms with Crippen LogP contribution in [-0.2, 0) is 9.59 Å². The van der Waals surface area contributed by atoms with Gasteiger partial charge in [-0.25, -0.2) is 0 Å². The maximum Gasteiger partial charge on any atom is 0.258 e. The Hall–Kier alpha value is -2.87. The van der Waals surface area contributed by atoms with Crippen molar-refractivity contribution in [3.8, 4) is 0 Å². The second kappa shape index (κ2) is 8.10. The molecule has 0 radical (unpaired) electrons. The zero-order valence-electron chi connectivity index (χ0n) is 16.9. The summed E-state index contributed by atoms with van der Waals surface area (Å²) in [5.74, 6) is -0.499. The van der Waals surface area contributed by atoms with Gasteiger partial charge in [0.1, 0.15) is 5.82 Å². The molecule has 0 aliphatic carbocycles. The molecule has 0 spiro atoms. The van der Waals surface area contributed by atoms with Crippen molar-refractivity contribution in [3.63, 3.8) is 0 Å². The number of amides is 2. The molecule has 1 atom stereocenters. The van der Waals surface area contributed by atoms with E-state index in [9.17, 15) is 14.4 Å². The number of rotatable bonds is 3. The molecule has 0 bridgehead atoms. The molecule has 1 fully saturated rings. The molecule has 3 N–H and O–H groups in total. The lowest BCUT2D eigenvalue weighted by Gasteiger charge is -2.31. The highest BCUT2D eigenvalue weighted by Gasteiger charge is 2.35. The largest absolute Gasteiger partial charge is 0.342 e. The van der Waals surface area contributed by atoms with Gasteiger partial charge in [-0.05, 0) is 43.4 Å². The number of carbonyl (C=O) groups excluding carboxylic acids is 2. The van der Waals surface area contributed by atoms with Crippen LogP contribution < -0.4 is 21.1 Å². The number of aromatic amines is 1. The number of nitrogens with one attached hydrogen (secondary N) is 3. The normalized spacial score (nSPS) is 19.2. The molecule has 2 amide bonds. The van der Waals surface area contributed by atoms with Gasteiger partial charge in [-0.1, -0.05) is 24.6 Å². The van der Waals surface area contributed by atoms with E-state index in [1.807, 2.05) is 11.8 Å². The van der Waals surface area contributed by atoms with Crippen molar-refractivity contribution in [2.75, 3.05) is 28.6 Å². The van der Waals surface area contributed by atoms with Crippen LogP contribution in [0.15, 0.2) is 23.0 Å². The van der Waals surface area contributed by atoms with Gasteiger partial charge in [-0.3, -0.25) is 19.4 Å². The van der Waals surface area contributed by atoms with Crippen molar-refractivity contribution in [3.05, 3.63) is 44.7 Å². The molecule has 0 saturated carbocycles. The molecule has 1 saturated heterocycles. The van der Waals surface area contributed by atoms with Crippen LogP contribution in [0.1, 0.15) is 43.2 Å². The molecular weight excluding hydrogens is 406 g/mol. The summed E-state index contributed by atoms with van der Waals surface area (Å²) in [6, 6.07) is 5.16. The number of hydrogen-bond donors (Lipinski definition) is 3. The Kier molecular flexibility index (Phi) is 5.51. The third-order valence-electron chi connectivity index (χ3n) is 5.80. The van der Waals surface area contributed by atoms with Crippen molar-refractivity contribution in [2.24, 2.45) is 5.92 Å². The summed E-state index contributed by atoms with van der Waals surface area (Å²) in [5, 5.41) is 5.94. The van der Waals surface area contributed by atoms with Gasteiger partial charge in [0.05, 0.1) is 11.5 Å². The summed E-state index contributed by atoms with van der Waals surface area (Å²) in [4.78, 5) is 47.5. The van der Waals surface area contributed by atoms with Crippen LogP contribution in [0.3, 0.4) is 0 Å². The van der Waals surface area contributed by atoms with E-state index < -0.39 is 17.4 Å². The van der Waals surface area contributed by atoms with E-state index in [2.05, 4.69) is 27.5 Å². The predicted octanol–water partition coefficient (Wildman–Crippen LogP) is 3.03. The van der Waals surface area contributed by atoms with Crippen LogP contribution in [0.25, 0.3) is 0 Å². The molecule has 3 heterocycles. The summed E-state index contributed by atoms with van der Waals surface area (Å²) in [6.45, 7) is 5.61. The highest BCUT2D eigenvalue weighted by Crippen LogP contribution is 2.31. The standard InChI is InChI=1S/C21H24ClN5O3/c1-11-5-7-27(8-6-11)21-25-18-17(20(30)26-21)14(10-16(28)24-18)19(29)23-15-9-13(22)4-3-12(15)2/h3-4,9,11,14H,5-8,10H2,1-2H3,(H,23,29)(H2,24,25,26,28,30)/t14-/m1/s1. The van der Waals surface area contributed by atoms with Crippen molar-refractivity contribution >= 4 is 40.9 Å². The lowest BCUT2D eigenvalue weighted by Crippen LogP contribution is -2.39. The minimum Gasteiger partial charge on any atom is -0.342 e. The van der Waals surface area contributed by atoms with Gasteiger partial charge in [-0.2, -0.15) is 4.98 Å². The van der Waals surface area contributed by atoms with E-state index in [0.29, 0.717) is 22.6 Å². The van der Waals surface area contributed by atoms with Crippen molar-refractivity contribution in [2.45, 2.75) is 39.0 Å². The molecule has 8 nitrogen and oxygen atoms in total. The SMILES string of the molecule is Cc1ccc(Cl)cc1NC(=O)[C@@H]1CC(=O)Nc2nc(N3CCC(C)CC3)[nH]c(=O)c21. The molecule has 4 rings (SSSR count). The van der Waals surface area contributed by atoms with E-state index >= 15 is 0 Å². The van der Waals surface area contributed by atoms with Crippen LogP contribution in [0.5, 0.6) is 0 Å². The van der Waals surface area contributed by atoms with Crippen molar-refractivity contribution in [1.82, 2.24) is 9.97 Å². The average molecular weight is 430 g/mol. The number of H-pyrrole nitrogens is 1. The zero-order valence-corrected chi connectivity index (χ0v) is 17.7. The number of carbonyl (C=O) groups is 2. The van der Waals surface area contributed by atoms with E-state index in [4.69, 9.17) is 11.6 Å². The Bertz CT molecular complexity index is 1060. The first-order chi connectivity index (χ1) is 14.3. The van der Waals surface area contributed by atoms with Crippen LogP contribution in [-0.4, -0.2) is 34.9 Å². The van der Waals surface area contributed by atoms with Crippen molar-refractivity contribution in [1.29, 1.82) is 0 Å². The molecular formula is C21H24ClN5O3. The fraction of sp³-hybridized carbons (Fsp3) is 0.429. The van der Waals surface area contributed by atoms with E-state index in [1.54, 1.807) is 18.2 Å². The van der Waals surface area contributed by atoms with Gasteiger partial charge in [-0.15, -0.1) is 0 Å². The fourth-order valence-electron chi connectivity index (χ4n) is 3.90. The summed E-state index contributed by atoms with van der Waals surface area (Å²) >= 11 is 6.03. The van der Waals surface area contributed by atoms with Gasteiger partial charge >= 0.3 is 0 Å². The van der Waals surface area contributed by atoms with Crippen molar-refractivity contribution < 1.29 is 9.59 Å². The zero-order chi connectivity index (χ0) is 21.4. The number of aromatic nitrogens is 2. The van der Waals surface area contributed by atoms with Gasteiger partial charge in [0.25, 0.3) is 5.56 Å². The Balaban J connectivity index is 1.64. The number of anilines is 3. The Morgan fingerprint density at radius 2 is 2.00 bits per heavy atom. The van der Waals surface area contributed by atoms with Gasteiger partial charge in [0, 0.05) is 30.2 Å². The highest BCUT2D eigenvalue weighted by molar-refractivity contribution is 6.31. The average Bonchev–Trinajstić information content (AvgIpc) is 2.70. The molecule has 2 aliphatic rings. The minimum absolute atomic E-state index is 0.121. The number of nitrogens with zero attached hydrogens (tertiary/aromatic N) is 2. The number of piperidine rings is 1. The summed E-state index contributed by atoms with van der Waals surface area (Å²) in [5.41, 5.74) is 1.15. The third kappa shape index (κ3) is 4.05. The fourth-order valence-corrected chi connectivity index (χ4v) is 4.07. The first-order valence-corrected chi connectivity index (χ1v) is 10.5. The Labute approximate surface area is 179 Å². The molecule has 1 aromatic heterocycles. The van der Waals surface area contributed by atoms with Gasteiger partial charge < -0.3 is 15.5 Å². The van der Waals surface area contributed by atoms with Crippen LogP contribution in [0, 0.1) is 12.8 Å². The predicted molar refractivity (Wildman–Crippen MR) is 116 cm³/mol. The summed E-state index contributed by atoms with van der Waals surface area (Å²) in [7, 11) is 0. The van der Waals surface area contributed by atoms with E-state index in [-0.39, 0.29) is 23.7 Å². The Morgan fingerprint density at radius 1 is 1.27 bits per heavy atom. The maximum absolute atomic E-state index is 13.0.